The van der Waals surface area contributed by atoms with Gasteiger partial charge in [0.15, 0.2) is 0 Å². The predicted octanol–water partition coefficient (Wildman–Crippen LogP) is 3.04. The summed E-state index contributed by atoms with van der Waals surface area (Å²) in [6.07, 6.45) is -2.21. The Labute approximate surface area is 108 Å². The van der Waals surface area contributed by atoms with Crippen LogP contribution in [0.5, 0.6) is 0 Å². The van der Waals surface area contributed by atoms with Crippen molar-refractivity contribution in [2.45, 2.75) is 51.7 Å². The fourth-order valence-corrected chi connectivity index (χ4v) is 2.32. The van der Waals surface area contributed by atoms with Crippen LogP contribution in [0.2, 0.25) is 0 Å². The summed E-state index contributed by atoms with van der Waals surface area (Å²) in [4.78, 5) is 2.16. The van der Waals surface area contributed by atoms with Gasteiger partial charge >= 0.3 is 6.18 Å². The third kappa shape index (κ3) is 7.21. The minimum Gasteiger partial charge on any atom is -0.314 e. The van der Waals surface area contributed by atoms with Crippen molar-refractivity contribution < 1.29 is 13.2 Å². The molecule has 0 aromatic rings. The van der Waals surface area contributed by atoms with E-state index in [-0.39, 0.29) is 6.42 Å². The second-order valence-electron chi connectivity index (χ2n) is 5.57. The molecular formula is C13H25F3N2. The van der Waals surface area contributed by atoms with Crippen LogP contribution in [0, 0.1) is 5.92 Å². The molecule has 1 heterocycles. The molecule has 0 bridgehead atoms. The van der Waals surface area contributed by atoms with Crippen molar-refractivity contribution in [3.63, 3.8) is 0 Å². The number of nitrogens with one attached hydrogen (secondary N) is 1. The number of halogens is 3. The van der Waals surface area contributed by atoms with Gasteiger partial charge in [-0.15, -0.1) is 0 Å². The third-order valence-corrected chi connectivity index (χ3v) is 3.46. The SMILES string of the molecule is CC(C)NCC1CCN(CCCC(F)(F)F)CC1. The van der Waals surface area contributed by atoms with Crippen molar-refractivity contribution in [1.29, 1.82) is 0 Å². The van der Waals surface area contributed by atoms with Gasteiger partial charge in [0.2, 0.25) is 0 Å². The van der Waals surface area contributed by atoms with Gasteiger partial charge < -0.3 is 10.2 Å². The topological polar surface area (TPSA) is 15.3 Å². The first kappa shape index (κ1) is 15.8. The van der Waals surface area contributed by atoms with Crippen LogP contribution >= 0.6 is 0 Å². The van der Waals surface area contributed by atoms with Gasteiger partial charge in [0.25, 0.3) is 0 Å². The van der Waals surface area contributed by atoms with Gasteiger partial charge in [-0.3, -0.25) is 0 Å². The first-order chi connectivity index (χ1) is 8.37. The number of hydrogen-bond acceptors (Lipinski definition) is 2. The summed E-state index contributed by atoms with van der Waals surface area (Å²) >= 11 is 0. The molecule has 0 aliphatic carbocycles. The number of piperidine rings is 1. The van der Waals surface area contributed by atoms with Crippen LogP contribution in [0.1, 0.15) is 39.5 Å². The molecule has 1 N–H and O–H groups in total. The van der Waals surface area contributed by atoms with Crippen LogP contribution in [-0.4, -0.2) is 43.3 Å². The molecule has 0 saturated carbocycles. The molecule has 0 aromatic carbocycles. The van der Waals surface area contributed by atoms with Gasteiger partial charge in [0.05, 0.1) is 0 Å². The molecule has 1 fully saturated rings. The van der Waals surface area contributed by atoms with Gasteiger partial charge in [-0.1, -0.05) is 13.8 Å². The summed E-state index contributed by atoms with van der Waals surface area (Å²) in [5, 5.41) is 3.43. The Balaban J connectivity index is 2.08. The molecule has 0 spiro atoms. The molecule has 1 rings (SSSR count). The fraction of sp³-hybridized carbons (Fsp3) is 1.00. The van der Waals surface area contributed by atoms with E-state index >= 15 is 0 Å². The third-order valence-electron chi connectivity index (χ3n) is 3.46. The number of nitrogens with zero attached hydrogens (tertiary/aromatic N) is 1. The molecule has 0 amide bonds. The van der Waals surface area contributed by atoms with E-state index in [0.29, 0.717) is 18.5 Å². The average molecular weight is 266 g/mol. The maximum atomic E-state index is 12.0. The van der Waals surface area contributed by atoms with Crippen LogP contribution < -0.4 is 5.32 Å². The largest absolute Gasteiger partial charge is 0.389 e. The van der Waals surface area contributed by atoms with Crippen molar-refractivity contribution in [2.24, 2.45) is 5.92 Å². The zero-order valence-corrected chi connectivity index (χ0v) is 11.4. The van der Waals surface area contributed by atoms with Crippen LogP contribution in [-0.2, 0) is 0 Å². The molecule has 1 aliphatic heterocycles. The highest BCUT2D eigenvalue weighted by Gasteiger charge is 2.27. The van der Waals surface area contributed by atoms with E-state index in [4.69, 9.17) is 0 Å². The second-order valence-corrected chi connectivity index (χ2v) is 5.57. The number of hydrogen-bond donors (Lipinski definition) is 1. The average Bonchev–Trinajstić information content (AvgIpc) is 2.26. The lowest BCUT2D eigenvalue weighted by atomic mass is 9.96. The first-order valence-electron chi connectivity index (χ1n) is 6.89. The maximum absolute atomic E-state index is 12.0. The van der Waals surface area contributed by atoms with Gasteiger partial charge in [0.1, 0.15) is 0 Å². The van der Waals surface area contributed by atoms with Crippen LogP contribution in [0.3, 0.4) is 0 Å². The normalized spacial score (nSPS) is 19.7. The van der Waals surface area contributed by atoms with Gasteiger partial charge in [-0.2, -0.15) is 13.2 Å². The van der Waals surface area contributed by atoms with Crippen molar-refractivity contribution in [3.8, 4) is 0 Å². The lowest BCUT2D eigenvalue weighted by Crippen LogP contribution is -2.39. The van der Waals surface area contributed by atoms with Crippen molar-refractivity contribution in [1.82, 2.24) is 10.2 Å². The summed E-state index contributed by atoms with van der Waals surface area (Å²) < 4.78 is 36.1. The highest BCUT2D eigenvalue weighted by Crippen LogP contribution is 2.22. The molecule has 0 unspecified atom stereocenters. The molecule has 18 heavy (non-hydrogen) atoms. The van der Waals surface area contributed by atoms with Crippen LogP contribution in [0.4, 0.5) is 13.2 Å². The van der Waals surface area contributed by atoms with Crippen LogP contribution in [0.15, 0.2) is 0 Å². The number of alkyl halides is 3. The Hall–Kier alpha value is -0.290. The van der Waals surface area contributed by atoms with Crippen molar-refractivity contribution >= 4 is 0 Å². The second kappa shape index (κ2) is 7.34. The lowest BCUT2D eigenvalue weighted by Gasteiger charge is -2.32. The molecule has 108 valence electrons. The van der Waals surface area contributed by atoms with E-state index in [2.05, 4.69) is 24.1 Å². The Morgan fingerprint density at radius 2 is 1.83 bits per heavy atom. The fourth-order valence-electron chi connectivity index (χ4n) is 2.32. The van der Waals surface area contributed by atoms with Gasteiger partial charge in [-0.05, 0) is 51.4 Å². The van der Waals surface area contributed by atoms with E-state index in [1.807, 2.05) is 0 Å². The minimum absolute atomic E-state index is 0.235. The molecule has 0 atom stereocenters. The molecule has 1 saturated heterocycles. The number of likely N-dealkylation sites (tertiary alicyclic amines) is 1. The monoisotopic (exact) mass is 266 g/mol. The molecule has 5 heteroatoms. The van der Waals surface area contributed by atoms with E-state index < -0.39 is 12.6 Å². The highest BCUT2D eigenvalue weighted by atomic mass is 19.4. The zero-order chi connectivity index (χ0) is 13.6. The summed E-state index contributed by atoms with van der Waals surface area (Å²) in [7, 11) is 0. The van der Waals surface area contributed by atoms with Crippen LogP contribution in [0.25, 0.3) is 0 Å². The van der Waals surface area contributed by atoms with Gasteiger partial charge in [-0.25, -0.2) is 0 Å². The molecule has 0 radical (unpaired) electrons. The standard InChI is InChI=1S/C13H25F3N2/c1-11(2)17-10-12-4-8-18(9-5-12)7-3-6-13(14,15)16/h11-12,17H,3-10H2,1-2H3. The Bertz CT molecular complexity index is 221. The summed E-state index contributed by atoms with van der Waals surface area (Å²) in [5.41, 5.74) is 0. The smallest absolute Gasteiger partial charge is 0.314 e. The predicted molar refractivity (Wildman–Crippen MR) is 67.6 cm³/mol. The van der Waals surface area contributed by atoms with E-state index in [9.17, 15) is 13.2 Å². The lowest BCUT2D eigenvalue weighted by molar-refractivity contribution is -0.136. The Morgan fingerprint density at radius 3 is 2.33 bits per heavy atom. The van der Waals surface area contributed by atoms with E-state index in [1.165, 1.54) is 0 Å². The molecular weight excluding hydrogens is 241 g/mol. The maximum Gasteiger partial charge on any atom is 0.389 e. The number of rotatable bonds is 6. The quantitative estimate of drug-likeness (QED) is 0.795. The van der Waals surface area contributed by atoms with E-state index in [1.54, 1.807) is 0 Å². The van der Waals surface area contributed by atoms with Crippen molar-refractivity contribution in [3.05, 3.63) is 0 Å². The minimum atomic E-state index is -4.00. The highest BCUT2D eigenvalue weighted by molar-refractivity contribution is 4.74. The first-order valence-corrected chi connectivity index (χ1v) is 6.89. The summed E-state index contributed by atoms with van der Waals surface area (Å²) in [6.45, 7) is 7.78. The summed E-state index contributed by atoms with van der Waals surface area (Å²) in [6, 6.07) is 0.509. The zero-order valence-electron chi connectivity index (χ0n) is 11.4. The van der Waals surface area contributed by atoms with Gasteiger partial charge in [0, 0.05) is 12.5 Å². The molecule has 0 aromatic heterocycles. The Morgan fingerprint density at radius 1 is 1.22 bits per heavy atom. The molecule has 1 aliphatic rings. The van der Waals surface area contributed by atoms with E-state index in [0.717, 1.165) is 32.5 Å². The summed E-state index contributed by atoms with van der Waals surface area (Å²) in [5.74, 6) is 0.686. The van der Waals surface area contributed by atoms with Crippen molar-refractivity contribution in [2.75, 3.05) is 26.2 Å². The Kier molecular flexibility index (Phi) is 6.43. The molecule has 2 nitrogen and oxygen atoms in total.